The second-order valence-corrected chi connectivity index (χ2v) is 5.87. The summed E-state index contributed by atoms with van der Waals surface area (Å²) in [6.07, 6.45) is 2.08. The van der Waals surface area contributed by atoms with Gasteiger partial charge in [0.15, 0.2) is 12.4 Å². The molecule has 0 bridgehead atoms. The summed E-state index contributed by atoms with van der Waals surface area (Å²) >= 11 is 0. The van der Waals surface area contributed by atoms with Gasteiger partial charge in [0.05, 0.1) is 11.3 Å². The zero-order valence-electron chi connectivity index (χ0n) is 12.5. The minimum Gasteiger partial charge on any atom is -0.481 e. The van der Waals surface area contributed by atoms with Crippen LogP contribution in [0.15, 0.2) is 18.2 Å². The minimum atomic E-state index is -0.0982. The summed E-state index contributed by atoms with van der Waals surface area (Å²) in [6.45, 7) is 3.79. The maximum absolute atomic E-state index is 12.7. The molecule has 2 heterocycles. The van der Waals surface area contributed by atoms with Crippen molar-refractivity contribution in [2.45, 2.75) is 19.8 Å². The summed E-state index contributed by atoms with van der Waals surface area (Å²) in [5.74, 6) is 1.11. The van der Waals surface area contributed by atoms with E-state index >= 15 is 0 Å². The van der Waals surface area contributed by atoms with Gasteiger partial charge in [-0.1, -0.05) is 13.0 Å². The van der Waals surface area contributed by atoms with Crippen molar-refractivity contribution in [2.75, 3.05) is 31.6 Å². The molecule has 0 atom stereocenters. The number of anilines is 1. The molecule has 3 rings (SSSR count). The normalized spacial score (nSPS) is 19.2. The van der Waals surface area contributed by atoms with Crippen LogP contribution in [0.1, 0.15) is 30.1 Å². The van der Waals surface area contributed by atoms with Gasteiger partial charge >= 0.3 is 0 Å². The molecule has 2 amide bonds. The number of likely N-dealkylation sites (N-methyl/N-ethyl adjacent to an activating group) is 1. The number of benzene rings is 1. The number of likely N-dealkylation sites (tertiary alicyclic amines) is 1. The number of hydrogen-bond donors (Lipinski definition) is 0. The van der Waals surface area contributed by atoms with Crippen LogP contribution in [-0.4, -0.2) is 43.5 Å². The summed E-state index contributed by atoms with van der Waals surface area (Å²) in [4.78, 5) is 27.8. The fraction of sp³-hybridized carbons (Fsp3) is 0.500. The van der Waals surface area contributed by atoms with E-state index in [0.717, 1.165) is 25.9 Å². The standard InChI is InChI=1S/C16H20N2O3/c1-11-6-8-18(9-7-11)16(20)12-4-3-5-13-15(12)21-10-14(19)17(13)2/h3-5,11H,6-10H2,1-2H3. The first-order chi connectivity index (χ1) is 10.1. The molecule has 0 aliphatic carbocycles. The maximum atomic E-state index is 12.7. The number of carbonyl (C=O) groups excluding carboxylic acids is 2. The lowest BCUT2D eigenvalue weighted by Crippen LogP contribution is -2.40. The van der Waals surface area contributed by atoms with E-state index in [-0.39, 0.29) is 18.4 Å². The van der Waals surface area contributed by atoms with Crippen molar-refractivity contribution in [1.29, 1.82) is 0 Å². The monoisotopic (exact) mass is 288 g/mol. The molecule has 1 saturated heterocycles. The Balaban J connectivity index is 1.89. The molecular weight excluding hydrogens is 268 g/mol. The number of carbonyl (C=O) groups is 2. The van der Waals surface area contributed by atoms with Crippen LogP contribution >= 0.6 is 0 Å². The van der Waals surface area contributed by atoms with Crippen LogP contribution in [0.3, 0.4) is 0 Å². The highest BCUT2D eigenvalue weighted by atomic mass is 16.5. The van der Waals surface area contributed by atoms with Gasteiger partial charge in [0.25, 0.3) is 11.8 Å². The number of nitrogens with zero attached hydrogens (tertiary/aromatic N) is 2. The summed E-state index contributed by atoms with van der Waals surface area (Å²) in [7, 11) is 1.71. The molecule has 1 aromatic carbocycles. The molecule has 0 unspecified atom stereocenters. The van der Waals surface area contributed by atoms with Crippen LogP contribution in [0, 0.1) is 5.92 Å². The molecule has 1 aromatic rings. The number of ether oxygens (including phenoxy) is 1. The van der Waals surface area contributed by atoms with E-state index in [0.29, 0.717) is 22.9 Å². The van der Waals surface area contributed by atoms with Gasteiger partial charge in [-0.05, 0) is 30.9 Å². The third-order valence-electron chi connectivity index (χ3n) is 4.37. The Labute approximate surface area is 124 Å². The number of amides is 2. The average Bonchev–Trinajstić information content (AvgIpc) is 2.50. The van der Waals surface area contributed by atoms with E-state index < -0.39 is 0 Å². The molecule has 21 heavy (non-hydrogen) atoms. The predicted octanol–water partition coefficient (Wildman–Crippen LogP) is 1.91. The van der Waals surface area contributed by atoms with Crippen LogP contribution in [0.5, 0.6) is 5.75 Å². The van der Waals surface area contributed by atoms with Gasteiger partial charge in [0.1, 0.15) is 0 Å². The van der Waals surface area contributed by atoms with Crippen molar-refractivity contribution >= 4 is 17.5 Å². The summed E-state index contributed by atoms with van der Waals surface area (Å²) in [6, 6.07) is 5.39. The van der Waals surface area contributed by atoms with Crippen molar-refractivity contribution in [3.05, 3.63) is 23.8 Å². The molecule has 0 spiro atoms. The first kappa shape index (κ1) is 13.9. The van der Waals surface area contributed by atoms with Gasteiger partial charge in [-0.2, -0.15) is 0 Å². The molecule has 112 valence electrons. The van der Waals surface area contributed by atoms with Gasteiger partial charge in [0.2, 0.25) is 0 Å². The smallest absolute Gasteiger partial charge is 0.264 e. The fourth-order valence-electron chi connectivity index (χ4n) is 2.86. The Morgan fingerprint density at radius 1 is 1.29 bits per heavy atom. The molecule has 0 radical (unpaired) electrons. The van der Waals surface area contributed by atoms with E-state index in [1.807, 2.05) is 4.90 Å². The van der Waals surface area contributed by atoms with Crippen LogP contribution in [-0.2, 0) is 4.79 Å². The molecular formula is C16H20N2O3. The van der Waals surface area contributed by atoms with E-state index in [9.17, 15) is 9.59 Å². The highest BCUT2D eigenvalue weighted by Crippen LogP contribution is 2.35. The largest absolute Gasteiger partial charge is 0.481 e. The molecule has 2 aliphatic rings. The minimum absolute atomic E-state index is 0.00139. The van der Waals surface area contributed by atoms with Crippen LogP contribution < -0.4 is 9.64 Å². The highest BCUT2D eigenvalue weighted by Gasteiger charge is 2.29. The van der Waals surface area contributed by atoms with Gasteiger partial charge in [0, 0.05) is 20.1 Å². The van der Waals surface area contributed by atoms with E-state index in [1.165, 1.54) is 0 Å². The highest BCUT2D eigenvalue weighted by molar-refractivity contribution is 6.04. The third-order valence-corrected chi connectivity index (χ3v) is 4.37. The molecule has 2 aliphatic heterocycles. The summed E-state index contributed by atoms with van der Waals surface area (Å²) in [5.41, 5.74) is 1.23. The SMILES string of the molecule is CC1CCN(C(=O)c2cccc3c2OCC(=O)N3C)CC1. The molecule has 0 aromatic heterocycles. The Kier molecular flexibility index (Phi) is 3.57. The van der Waals surface area contributed by atoms with E-state index in [1.54, 1.807) is 30.1 Å². The van der Waals surface area contributed by atoms with Crippen LogP contribution in [0.25, 0.3) is 0 Å². The predicted molar refractivity (Wildman–Crippen MR) is 79.6 cm³/mol. The lowest BCUT2D eigenvalue weighted by atomic mass is 9.98. The van der Waals surface area contributed by atoms with Crippen molar-refractivity contribution in [3.63, 3.8) is 0 Å². The zero-order valence-corrected chi connectivity index (χ0v) is 12.5. The number of piperidine rings is 1. The first-order valence-electron chi connectivity index (χ1n) is 7.39. The second kappa shape index (κ2) is 5.39. The van der Waals surface area contributed by atoms with Crippen LogP contribution in [0.2, 0.25) is 0 Å². The van der Waals surface area contributed by atoms with Crippen LogP contribution in [0.4, 0.5) is 5.69 Å². The summed E-state index contributed by atoms with van der Waals surface area (Å²) in [5, 5.41) is 0. The molecule has 5 heteroatoms. The van der Waals surface area contributed by atoms with Gasteiger partial charge in [-0.15, -0.1) is 0 Å². The molecule has 0 saturated carbocycles. The number of fused-ring (bicyclic) bond motifs is 1. The Morgan fingerprint density at radius 3 is 2.71 bits per heavy atom. The Bertz CT molecular complexity index is 577. The van der Waals surface area contributed by atoms with Crippen molar-refractivity contribution in [2.24, 2.45) is 5.92 Å². The molecule has 5 nitrogen and oxygen atoms in total. The van der Waals surface area contributed by atoms with E-state index in [4.69, 9.17) is 4.74 Å². The second-order valence-electron chi connectivity index (χ2n) is 5.87. The Hall–Kier alpha value is -2.04. The lowest BCUT2D eigenvalue weighted by molar-refractivity contribution is -0.121. The third kappa shape index (κ3) is 2.48. The van der Waals surface area contributed by atoms with Gasteiger partial charge in [-0.3, -0.25) is 9.59 Å². The Morgan fingerprint density at radius 2 is 2.00 bits per heavy atom. The zero-order chi connectivity index (χ0) is 15.0. The number of para-hydroxylation sites is 1. The lowest BCUT2D eigenvalue weighted by Gasteiger charge is -2.32. The quantitative estimate of drug-likeness (QED) is 0.793. The number of rotatable bonds is 1. The maximum Gasteiger partial charge on any atom is 0.264 e. The van der Waals surface area contributed by atoms with Gasteiger partial charge < -0.3 is 14.5 Å². The molecule has 0 N–H and O–H groups in total. The topological polar surface area (TPSA) is 49.9 Å². The fourth-order valence-corrected chi connectivity index (χ4v) is 2.86. The van der Waals surface area contributed by atoms with Gasteiger partial charge in [-0.25, -0.2) is 0 Å². The first-order valence-corrected chi connectivity index (χ1v) is 7.39. The van der Waals surface area contributed by atoms with Crippen molar-refractivity contribution in [1.82, 2.24) is 4.90 Å². The van der Waals surface area contributed by atoms with Crippen molar-refractivity contribution < 1.29 is 14.3 Å². The summed E-state index contributed by atoms with van der Waals surface area (Å²) < 4.78 is 5.53. The number of hydrogen-bond acceptors (Lipinski definition) is 3. The van der Waals surface area contributed by atoms with E-state index in [2.05, 4.69) is 6.92 Å². The average molecular weight is 288 g/mol. The molecule has 1 fully saturated rings. The van der Waals surface area contributed by atoms with Crippen molar-refractivity contribution in [3.8, 4) is 5.75 Å².